The molecule has 0 aromatic heterocycles. The maximum Gasteiger partial charge on any atom is 0.417 e. The maximum atomic E-state index is 13.6. The number of nitro groups is 1. The summed E-state index contributed by atoms with van der Waals surface area (Å²) in [6.07, 6.45) is 0.826. The highest BCUT2D eigenvalue weighted by molar-refractivity contribution is 5.94. The largest absolute Gasteiger partial charge is 0.478 e. The predicted octanol–water partition coefficient (Wildman–Crippen LogP) is 5.56. The summed E-state index contributed by atoms with van der Waals surface area (Å²) in [4.78, 5) is 49.2. The molecule has 1 aliphatic rings. The third kappa shape index (κ3) is 5.75. The minimum absolute atomic E-state index is 0.0147. The van der Waals surface area contributed by atoms with Crippen LogP contribution in [0.4, 0.5) is 14.9 Å². The molecule has 0 spiro atoms. The molecule has 3 aromatic rings. The van der Waals surface area contributed by atoms with Crippen LogP contribution in [0.15, 0.2) is 78.9 Å². The predicted molar refractivity (Wildman–Crippen MR) is 135 cm³/mol. The van der Waals surface area contributed by atoms with Gasteiger partial charge in [0.1, 0.15) is 18.5 Å². The fourth-order valence-electron chi connectivity index (χ4n) is 4.39. The molecule has 1 fully saturated rings. The molecule has 194 valence electrons. The third-order valence-corrected chi connectivity index (χ3v) is 6.24. The lowest BCUT2D eigenvalue weighted by atomic mass is 9.92. The molecule has 1 saturated heterocycles. The monoisotopic (exact) mass is 518 g/mol. The Morgan fingerprint density at radius 1 is 1.08 bits per heavy atom. The number of nitro benzene ring substituents is 1. The van der Waals surface area contributed by atoms with E-state index in [0.29, 0.717) is 11.1 Å². The molecule has 10 heteroatoms. The van der Waals surface area contributed by atoms with Crippen LogP contribution in [0.5, 0.6) is 0 Å². The van der Waals surface area contributed by atoms with Gasteiger partial charge in [-0.3, -0.25) is 14.9 Å². The van der Waals surface area contributed by atoms with Crippen LogP contribution in [0.25, 0.3) is 5.57 Å². The number of nitrogens with zero attached hydrogens (tertiary/aromatic N) is 2. The molecule has 1 atom stereocenters. The standard InChI is InChI=1S/C28H23FN2O7/c29-21-14-12-18(13-15-21)20(16-23-22(27(33)34)9-5-10-24(23)31(36)37)8-4-11-26(32)30-25(17-38-28(30)35)19-6-2-1-3-7-19/h1-3,5-10,12-15,25H,4,11,16-17H2,(H,33,34)/b20-8-/t25-/m1/s1. The molecule has 2 amide bonds. The van der Waals surface area contributed by atoms with Gasteiger partial charge in [-0.05, 0) is 41.3 Å². The second-order valence-electron chi connectivity index (χ2n) is 8.58. The number of carbonyl (C=O) groups is 3. The van der Waals surface area contributed by atoms with Crippen molar-refractivity contribution < 1.29 is 33.5 Å². The SMILES string of the molecule is O=C(O)c1cccc([N+](=O)[O-])c1C/C(=C/CCC(=O)N1C(=O)OC[C@@H]1c1ccccc1)c1ccc(F)cc1. The number of amides is 2. The molecule has 3 aromatic carbocycles. The first-order valence-electron chi connectivity index (χ1n) is 11.7. The number of carboxylic acids is 1. The van der Waals surface area contributed by atoms with Crippen LogP contribution in [0.3, 0.4) is 0 Å². The van der Waals surface area contributed by atoms with E-state index in [9.17, 15) is 34.0 Å². The molecule has 1 aliphatic heterocycles. The van der Waals surface area contributed by atoms with Gasteiger partial charge in [-0.2, -0.15) is 0 Å². The van der Waals surface area contributed by atoms with Crippen molar-refractivity contribution in [3.05, 3.63) is 117 Å². The summed E-state index contributed by atoms with van der Waals surface area (Å²) in [5.41, 5.74) is 1.13. The normalized spacial score (nSPS) is 15.3. The number of carbonyl (C=O) groups excluding carboxylic acids is 2. The van der Waals surface area contributed by atoms with Crippen LogP contribution >= 0.6 is 0 Å². The number of imide groups is 1. The Bertz CT molecular complexity index is 1370. The zero-order chi connectivity index (χ0) is 27.2. The fourth-order valence-corrected chi connectivity index (χ4v) is 4.39. The van der Waals surface area contributed by atoms with Crippen LogP contribution in [-0.2, 0) is 16.0 Å². The number of rotatable bonds is 9. The number of benzene rings is 3. The zero-order valence-electron chi connectivity index (χ0n) is 20.1. The number of aromatic carboxylic acids is 1. The van der Waals surface area contributed by atoms with Gasteiger partial charge in [0.2, 0.25) is 5.91 Å². The number of allylic oxidation sites excluding steroid dienone is 2. The number of hydrogen-bond donors (Lipinski definition) is 1. The van der Waals surface area contributed by atoms with Crippen molar-refractivity contribution in [2.45, 2.75) is 25.3 Å². The topological polar surface area (TPSA) is 127 Å². The molecule has 38 heavy (non-hydrogen) atoms. The minimum Gasteiger partial charge on any atom is -0.478 e. The molecule has 0 aliphatic carbocycles. The fraction of sp³-hybridized carbons (Fsp3) is 0.179. The molecule has 0 unspecified atom stereocenters. The molecule has 1 heterocycles. The quantitative estimate of drug-likeness (QED) is 0.290. The van der Waals surface area contributed by atoms with Gasteiger partial charge in [-0.25, -0.2) is 18.9 Å². The third-order valence-electron chi connectivity index (χ3n) is 6.24. The van der Waals surface area contributed by atoms with Crippen molar-refractivity contribution in [3.63, 3.8) is 0 Å². The van der Waals surface area contributed by atoms with Crippen LogP contribution in [0.2, 0.25) is 0 Å². The van der Waals surface area contributed by atoms with Crippen LogP contribution in [0.1, 0.15) is 45.9 Å². The van der Waals surface area contributed by atoms with Gasteiger partial charge in [-0.15, -0.1) is 0 Å². The van der Waals surface area contributed by atoms with Gasteiger partial charge in [0, 0.05) is 24.5 Å². The van der Waals surface area contributed by atoms with Crippen molar-refractivity contribution in [1.82, 2.24) is 4.90 Å². The first-order chi connectivity index (χ1) is 18.3. The van der Waals surface area contributed by atoms with Crippen molar-refractivity contribution in [2.24, 2.45) is 0 Å². The van der Waals surface area contributed by atoms with Gasteiger partial charge in [-0.1, -0.05) is 54.6 Å². The van der Waals surface area contributed by atoms with Crippen LogP contribution < -0.4 is 0 Å². The molecule has 0 radical (unpaired) electrons. The van der Waals surface area contributed by atoms with Crippen molar-refractivity contribution in [2.75, 3.05) is 6.61 Å². The van der Waals surface area contributed by atoms with E-state index in [1.807, 2.05) is 6.07 Å². The summed E-state index contributed by atoms with van der Waals surface area (Å²) in [5.74, 6) is -2.27. The molecule has 0 bridgehead atoms. The first-order valence-corrected chi connectivity index (χ1v) is 11.7. The number of hydrogen-bond acceptors (Lipinski definition) is 6. The highest BCUT2D eigenvalue weighted by atomic mass is 19.1. The van der Waals surface area contributed by atoms with Crippen LogP contribution in [0, 0.1) is 15.9 Å². The van der Waals surface area contributed by atoms with Gasteiger partial charge < -0.3 is 9.84 Å². The lowest BCUT2D eigenvalue weighted by molar-refractivity contribution is -0.385. The molecular weight excluding hydrogens is 495 g/mol. The zero-order valence-corrected chi connectivity index (χ0v) is 20.1. The minimum atomic E-state index is -1.32. The summed E-state index contributed by atoms with van der Waals surface area (Å²) >= 11 is 0. The highest BCUT2D eigenvalue weighted by Crippen LogP contribution is 2.31. The maximum absolute atomic E-state index is 13.6. The van der Waals surface area contributed by atoms with E-state index in [4.69, 9.17) is 4.74 Å². The molecular formula is C28H23FN2O7. The summed E-state index contributed by atoms with van der Waals surface area (Å²) in [6.45, 7) is 0.0426. The van der Waals surface area contributed by atoms with E-state index in [1.165, 1.54) is 42.5 Å². The number of cyclic esters (lactones) is 1. The molecule has 9 nitrogen and oxygen atoms in total. The Labute approximate surface area is 216 Å². The van der Waals surface area contributed by atoms with E-state index >= 15 is 0 Å². The van der Waals surface area contributed by atoms with E-state index in [2.05, 4.69) is 0 Å². The summed E-state index contributed by atoms with van der Waals surface area (Å²) in [7, 11) is 0. The van der Waals surface area contributed by atoms with Gasteiger partial charge in [0.15, 0.2) is 0 Å². The van der Waals surface area contributed by atoms with Gasteiger partial charge in [0.05, 0.1) is 10.5 Å². The molecule has 4 rings (SSSR count). The van der Waals surface area contributed by atoms with Crippen LogP contribution in [-0.4, -0.2) is 39.5 Å². The highest BCUT2D eigenvalue weighted by Gasteiger charge is 2.38. The lowest BCUT2D eigenvalue weighted by Gasteiger charge is -2.19. The number of ether oxygens (including phenoxy) is 1. The van der Waals surface area contributed by atoms with Gasteiger partial charge >= 0.3 is 12.1 Å². The second kappa shape index (κ2) is 11.5. The van der Waals surface area contributed by atoms with E-state index in [-0.39, 0.29) is 42.7 Å². The average Bonchev–Trinajstić information content (AvgIpc) is 3.30. The number of carboxylic acid groups (broad SMARTS) is 1. The summed E-state index contributed by atoms with van der Waals surface area (Å²) in [5, 5.41) is 21.3. The lowest BCUT2D eigenvalue weighted by Crippen LogP contribution is -2.33. The molecule has 0 saturated carbocycles. The Morgan fingerprint density at radius 2 is 1.79 bits per heavy atom. The first kappa shape index (κ1) is 26.2. The average molecular weight is 518 g/mol. The van der Waals surface area contributed by atoms with E-state index in [0.717, 1.165) is 10.5 Å². The van der Waals surface area contributed by atoms with E-state index in [1.54, 1.807) is 30.3 Å². The summed E-state index contributed by atoms with van der Waals surface area (Å²) < 4.78 is 18.7. The Hall–Kier alpha value is -4.86. The molecule has 1 N–H and O–H groups in total. The van der Waals surface area contributed by atoms with Crippen molar-refractivity contribution in [1.29, 1.82) is 0 Å². The van der Waals surface area contributed by atoms with Crippen molar-refractivity contribution in [3.8, 4) is 0 Å². The second-order valence-corrected chi connectivity index (χ2v) is 8.58. The van der Waals surface area contributed by atoms with Gasteiger partial charge in [0.25, 0.3) is 5.69 Å². The number of halogens is 1. The van der Waals surface area contributed by atoms with E-state index < -0.39 is 34.8 Å². The smallest absolute Gasteiger partial charge is 0.417 e. The van der Waals surface area contributed by atoms with Crippen molar-refractivity contribution >= 4 is 29.2 Å². The Balaban J connectivity index is 1.61. The Kier molecular flexibility index (Phi) is 7.91. The Morgan fingerprint density at radius 3 is 2.45 bits per heavy atom. The summed E-state index contributed by atoms with van der Waals surface area (Å²) in [6, 6.07) is 17.6.